The zero-order valence-corrected chi connectivity index (χ0v) is 61.1. The van der Waals surface area contributed by atoms with Crippen molar-refractivity contribution in [3.63, 3.8) is 0 Å². The summed E-state index contributed by atoms with van der Waals surface area (Å²) in [6, 6.07) is -5.69. The van der Waals surface area contributed by atoms with Crippen molar-refractivity contribution < 1.29 is 243 Å². The molecule has 0 radical (unpaired) electrons. The summed E-state index contributed by atoms with van der Waals surface area (Å²) >= 11 is 0. The number of aliphatic carboxylic acids is 1. The molecule has 31 N–H and O–H groups in total. The Kier molecular flexibility index (Phi) is 33.7. The third-order valence-corrected chi connectivity index (χ3v) is 20.9. The van der Waals surface area contributed by atoms with Crippen LogP contribution in [0.4, 0.5) is 0 Å². The molecule has 52 heteroatoms. The fraction of sp³-hybridized carbons (Fsp3) is 0.937. The van der Waals surface area contributed by atoms with E-state index in [9.17, 15) is 162 Å². The van der Waals surface area contributed by atoms with E-state index in [1.807, 2.05) is 0 Å². The zero-order valence-electron chi connectivity index (χ0n) is 61.1. The van der Waals surface area contributed by atoms with Crippen molar-refractivity contribution in [3.05, 3.63) is 0 Å². The molecule has 3 amide bonds. The summed E-state index contributed by atoms with van der Waals surface area (Å²) in [6.45, 7) is -7.58. The van der Waals surface area contributed by atoms with E-state index in [1.165, 1.54) is 0 Å². The van der Waals surface area contributed by atoms with Crippen molar-refractivity contribution in [1.82, 2.24) is 16.0 Å². The molecule has 0 saturated carbocycles. The third kappa shape index (κ3) is 20.6. The second kappa shape index (κ2) is 40.9. The number of ether oxygens (including phenoxy) is 17. The minimum atomic E-state index is -3.30. The van der Waals surface area contributed by atoms with Crippen LogP contribution in [0.5, 0.6) is 0 Å². The SMILES string of the molecule is CC(=O)N[C@@H]1[C@@H](O)[C@H](O[C@@H]2O[C@H](CO)[C@@H](O[C@@H]3O[C@H](CO[C@H]4O[C@H](CO)[C@@H](O)[C@H](O[C@H]5O[C@H](CO)[C@@H](O)[C@H](O)[C@@H]5O)[C@@H]4O)[C@@H](O)[C@H](O[C@H]4O[C@H](CO)[C@@H](O)[C@H](O)[C@@H]4O[C@@H]4O[C@H](CO)[C@@H](O[C@@H]5O[C@H](CO)[C@H](O)[C@H](O[C@]6(C(=O)O)C[C@H](O)[C@@H](O)[C@H]([C@H](O)[C@H](O)CO)O6)[C@H]5O)[C@H](O)[C@H]4NC(C)=O)[C@@H]3O)[C@H](O)[C@H]2NC(C)=O)[C@@H](CO)O[C@H]1O. The maximum Gasteiger partial charge on any atom is 0.364 e. The molecule has 9 fully saturated rings. The Labute approximate surface area is 649 Å². The van der Waals surface area contributed by atoms with Gasteiger partial charge in [-0.3, -0.25) is 14.4 Å². The second-order valence-electron chi connectivity index (χ2n) is 28.9. The molecule has 0 unspecified atom stereocenters. The molecule has 0 spiro atoms. The van der Waals surface area contributed by atoms with Gasteiger partial charge in [-0.1, -0.05) is 0 Å². The molecule has 9 aliphatic rings. The van der Waals surface area contributed by atoms with Gasteiger partial charge in [0.2, 0.25) is 17.7 Å². The van der Waals surface area contributed by atoms with Crippen LogP contribution in [0.15, 0.2) is 0 Å². The average Bonchev–Trinajstić information content (AvgIpc) is 0.757. The Bertz CT molecular complexity index is 3080. The van der Waals surface area contributed by atoms with Crippen LogP contribution in [0.1, 0.15) is 27.2 Å². The summed E-state index contributed by atoms with van der Waals surface area (Å²) in [5.41, 5.74) is 0. The first-order valence-corrected chi connectivity index (χ1v) is 36.3. The maximum absolute atomic E-state index is 13.1. The first-order valence-electron chi connectivity index (χ1n) is 36.3. The van der Waals surface area contributed by atoms with Crippen molar-refractivity contribution >= 4 is 23.7 Å². The number of rotatable bonds is 31. The number of amides is 3. The summed E-state index contributed by atoms with van der Waals surface area (Å²) in [5.74, 6) is -8.26. The maximum atomic E-state index is 13.1. The molecule has 9 aliphatic heterocycles. The Morgan fingerprint density at radius 2 is 0.704 bits per heavy atom. The Morgan fingerprint density at radius 1 is 0.357 bits per heavy atom. The lowest BCUT2D eigenvalue weighted by molar-refractivity contribution is -0.401. The summed E-state index contributed by atoms with van der Waals surface area (Å²) in [7, 11) is 0. The highest BCUT2D eigenvalue weighted by Crippen LogP contribution is 2.42. The number of carbonyl (C=O) groups excluding carboxylic acids is 3. The fourth-order valence-electron chi connectivity index (χ4n) is 14.7. The summed E-state index contributed by atoms with van der Waals surface area (Å²) in [4.78, 5) is 51.2. The van der Waals surface area contributed by atoms with Crippen molar-refractivity contribution in [2.24, 2.45) is 0 Å². The van der Waals surface area contributed by atoms with Crippen LogP contribution in [0.25, 0.3) is 0 Å². The van der Waals surface area contributed by atoms with Crippen molar-refractivity contribution in [1.29, 1.82) is 0 Å². The van der Waals surface area contributed by atoms with E-state index in [0.29, 0.717) is 0 Å². The Morgan fingerprint density at radius 3 is 1.17 bits per heavy atom. The summed E-state index contributed by atoms with van der Waals surface area (Å²) < 4.78 is 99.1. The average molecular weight is 1690 g/mol. The van der Waals surface area contributed by atoms with Crippen LogP contribution in [-0.2, 0) is 99.7 Å². The lowest BCUT2D eigenvalue weighted by Crippen LogP contribution is -2.71. The fourth-order valence-corrected chi connectivity index (χ4v) is 14.7. The van der Waals surface area contributed by atoms with Crippen molar-refractivity contribution in [3.8, 4) is 0 Å². The van der Waals surface area contributed by atoms with Crippen LogP contribution in [-0.4, -0.2) is 508 Å². The molecule has 0 aromatic heterocycles. The van der Waals surface area contributed by atoms with Crippen LogP contribution >= 0.6 is 0 Å². The minimum absolute atomic E-state index is 0.793. The first-order chi connectivity index (χ1) is 54.3. The highest BCUT2D eigenvalue weighted by atomic mass is 16.8. The van der Waals surface area contributed by atoms with E-state index < -0.39 is 371 Å². The molecular weight excluding hydrogens is 1580 g/mol. The largest absolute Gasteiger partial charge is 0.477 e. The first kappa shape index (κ1) is 95.0. The predicted molar refractivity (Wildman–Crippen MR) is 349 cm³/mol. The van der Waals surface area contributed by atoms with Gasteiger partial charge in [-0.15, -0.1) is 0 Å². The van der Waals surface area contributed by atoms with Gasteiger partial charge in [0.25, 0.3) is 5.79 Å². The van der Waals surface area contributed by atoms with Gasteiger partial charge in [0, 0.05) is 27.2 Å². The van der Waals surface area contributed by atoms with Crippen LogP contribution < -0.4 is 16.0 Å². The monoisotopic (exact) mass is 1690 g/mol. The lowest BCUT2D eigenvalue weighted by atomic mass is 9.90. The molecule has 0 aromatic rings. The van der Waals surface area contributed by atoms with Gasteiger partial charge in [0.15, 0.2) is 50.3 Å². The molecule has 9 heterocycles. The standard InChI is InChI=1S/C63H105N3O49/c1-14(75)64-27-37(87)46(23(10-72)100-54(27)96)108-55-28(65-15(2)76)38(88)47(24(11-73)105-55)109-59-44(94)50(36(86)26(107-59)13-99-57-43(93)49(34(84)21(8-70)101-57)111-58-42(92)40(90)32(82)19(6-68)102-58)112-61-53(41(91)33(83)20(7-69)104-61)113-56-29(66-16(3)77)39(89)48(25(12-74)106-56)110-60-45(95)52(35(85)22(9-71)103-60)115-63(62(97)98)4-17(78)30(80)51(114-63)31(81)18(79)5-67/h17-61,67-74,78-96H,4-13H2,1-3H3,(H,64,75)(H,65,76)(H,66,77)(H,97,98)/t17-,18+,19+,20+,21+,22+,23+,24+,25+,26+,27+,28+,29+,30+,31+,32+,33+,34+,35-,36+,37+,38+,39+,40-,41-,42-,43-,44-,45+,46+,47+,48+,49-,50-,51+,52-,53-,54+,55-,56-,57-,58+,59-,60-,61+,63-/m0/s1. The van der Waals surface area contributed by atoms with Gasteiger partial charge >= 0.3 is 5.97 Å². The van der Waals surface area contributed by atoms with E-state index in [-0.39, 0.29) is 0 Å². The second-order valence-corrected chi connectivity index (χ2v) is 28.9. The van der Waals surface area contributed by atoms with Gasteiger partial charge in [0.1, 0.15) is 220 Å². The number of carboxylic acid groups (broad SMARTS) is 1. The van der Waals surface area contributed by atoms with E-state index in [2.05, 4.69) is 16.0 Å². The smallest absolute Gasteiger partial charge is 0.364 e. The predicted octanol–water partition coefficient (Wildman–Crippen LogP) is -21.0. The summed E-state index contributed by atoms with van der Waals surface area (Å²) in [6.07, 6.45) is -92.6. The number of carbonyl (C=O) groups is 4. The minimum Gasteiger partial charge on any atom is -0.477 e. The van der Waals surface area contributed by atoms with Crippen LogP contribution in [0, 0.1) is 0 Å². The van der Waals surface area contributed by atoms with Gasteiger partial charge in [-0.05, 0) is 0 Å². The van der Waals surface area contributed by atoms with Gasteiger partial charge in [0.05, 0.1) is 65.6 Å². The molecule has 115 heavy (non-hydrogen) atoms. The highest BCUT2D eigenvalue weighted by molar-refractivity contribution is 5.76. The highest BCUT2D eigenvalue weighted by Gasteiger charge is 2.63. The number of hydrogen-bond acceptors (Lipinski definition) is 48. The molecule has 0 aliphatic carbocycles. The summed E-state index contributed by atoms with van der Waals surface area (Å²) in [5, 5.41) is 316. The van der Waals surface area contributed by atoms with E-state index in [4.69, 9.17) is 80.5 Å². The number of aliphatic hydroxyl groups excluding tert-OH is 27. The van der Waals surface area contributed by atoms with Gasteiger partial charge in [-0.2, -0.15) is 0 Å². The Hall–Kier alpha value is -3.88. The molecule has 9 rings (SSSR count). The molecule has 0 aromatic carbocycles. The molecule has 0 bridgehead atoms. The number of nitrogens with one attached hydrogen (secondary N) is 3. The van der Waals surface area contributed by atoms with Crippen molar-refractivity contribution in [2.45, 2.75) is 309 Å². The van der Waals surface area contributed by atoms with E-state index >= 15 is 0 Å². The van der Waals surface area contributed by atoms with Crippen molar-refractivity contribution in [2.75, 3.05) is 59.5 Å². The molecule has 666 valence electrons. The molecule has 52 nitrogen and oxygen atoms in total. The number of hydrogen-bond donors (Lipinski definition) is 31. The van der Waals surface area contributed by atoms with Gasteiger partial charge < -0.3 is 239 Å². The lowest BCUT2D eigenvalue weighted by Gasteiger charge is -2.51. The Balaban J connectivity index is 1.02. The van der Waals surface area contributed by atoms with E-state index in [0.717, 1.165) is 20.8 Å². The normalized spacial score (nSPS) is 48.6. The molecule has 9 saturated heterocycles. The van der Waals surface area contributed by atoms with Crippen LogP contribution in [0.3, 0.4) is 0 Å². The third-order valence-electron chi connectivity index (χ3n) is 20.9. The van der Waals surface area contributed by atoms with E-state index in [1.54, 1.807) is 0 Å². The number of aliphatic hydroxyl groups is 27. The van der Waals surface area contributed by atoms with Crippen LogP contribution in [0.2, 0.25) is 0 Å². The number of carboxylic acids is 1. The van der Waals surface area contributed by atoms with Gasteiger partial charge in [-0.25, -0.2) is 4.79 Å². The molecular formula is C63H105N3O49. The quantitative estimate of drug-likeness (QED) is 0.0306. The molecule has 46 atom stereocenters. The zero-order chi connectivity index (χ0) is 85.0. The topological polar surface area (TPSA) is 828 Å².